The van der Waals surface area contributed by atoms with Crippen LogP contribution in [0.15, 0.2) is 12.1 Å². The van der Waals surface area contributed by atoms with E-state index in [1.807, 2.05) is 0 Å². The Morgan fingerprint density at radius 3 is 2.65 bits per heavy atom. The molecule has 0 radical (unpaired) electrons. The molecular weight excluding hydrogens is 232 g/mol. The number of rotatable bonds is 4. The fourth-order valence-electron chi connectivity index (χ4n) is 1.35. The zero-order valence-electron chi connectivity index (χ0n) is 8.91. The molecule has 0 heterocycles. The summed E-state index contributed by atoms with van der Waals surface area (Å²) in [5, 5.41) is 17.7. The quantitative estimate of drug-likeness (QED) is 0.878. The summed E-state index contributed by atoms with van der Waals surface area (Å²) in [5.41, 5.74) is -0.0659. The van der Waals surface area contributed by atoms with Gasteiger partial charge in [0.15, 0.2) is 5.75 Å². The maximum atomic E-state index is 12.1. The number of hydrogen-bond acceptors (Lipinski definition) is 3. The van der Waals surface area contributed by atoms with Crippen LogP contribution in [0.3, 0.4) is 0 Å². The van der Waals surface area contributed by atoms with Crippen LogP contribution < -0.4 is 4.74 Å². The molecule has 0 spiro atoms. The molecule has 1 aromatic rings. The summed E-state index contributed by atoms with van der Waals surface area (Å²) in [5.74, 6) is -2.00. The minimum absolute atomic E-state index is 0.206. The second-order valence-corrected chi connectivity index (χ2v) is 3.17. The highest BCUT2D eigenvalue weighted by molar-refractivity contribution is 5.92. The third kappa shape index (κ3) is 2.91. The van der Waals surface area contributed by atoms with Gasteiger partial charge in [-0.05, 0) is 24.1 Å². The summed E-state index contributed by atoms with van der Waals surface area (Å²) in [4.78, 5) is 10.9. The minimum atomic E-state index is -3.17. The van der Waals surface area contributed by atoms with Gasteiger partial charge in [0.05, 0.1) is 5.56 Å². The summed E-state index contributed by atoms with van der Waals surface area (Å²) in [6.07, 6.45) is 0.490. The van der Waals surface area contributed by atoms with Crippen molar-refractivity contribution in [1.29, 1.82) is 5.26 Å². The molecule has 0 aliphatic heterocycles. The maximum Gasteiger partial charge on any atom is 0.387 e. The fourth-order valence-corrected chi connectivity index (χ4v) is 1.35. The topological polar surface area (TPSA) is 70.3 Å². The van der Waals surface area contributed by atoms with Crippen LogP contribution in [-0.4, -0.2) is 17.7 Å². The second kappa shape index (κ2) is 5.25. The van der Waals surface area contributed by atoms with Gasteiger partial charge in [-0.2, -0.15) is 14.0 Å². The number of carboxylic acid groups (broad SMARTS) is 1. The molecule has 0 bridgehead atoms. The van der Waals surface area contributed by atoms with E-state index in [9.17, 15) is 13.6 Å². The number of nitriles is 1. The van der Waals surface area contributed by atoms with Gasteiger partial charge in [0, 0.05) is 0 Å². The normalized spacial score (nSPS) is 10.1. The number of carboxylic acids is 1. The lowest BCUT2D eigenvalue weighted by atomic mass is 10.0. The van der Waals surface area contributed by atoms with Crippen molar-refractivity contribution in [3.05, 3.63) is 28.8 Å². The number of nitrogens with zero attached hydrogens (tertiary/aromatic N) is 1. The van der Waals surface area contributed by atoms with E-state index in [1.54, 1.807) is 13.0 Å². The fraction of sp³-hybridized carbons (Fsp3) is 0.273. The molecule has 90 valence electrons. The van der Waals surface area contributed by atoms with Crippen LogP contribution in [0.4, 0.5) is 8.78 Å². The molecule has 6 heteroatoms. The van der Waals surface area contributed by atoms with Crippen molar-refractivity contribution in [3.63, 3.8) is 0 Å². The van der Waals surface area contributed by atoms with Crippen LogP contribution in [0.5, 0.6) is 5.75 Å². The Kier molecular flexibility index (Phi) is 3.99. The molecule has 17 heavy (non-hydrogen) atoms. The SMILES string of the molecule is CCc1cc(C#N)c(OC(F)F)c(C(=O)O)c1. The van der Waals surface area contributed by atoms with Gasteiger partial charge in [-0.15, -0.1) is 0 Å². The molecule has 0 saturated heterocycles. The molecular formula is C11H9F2NO3. The number of halogens is 2. The highest BCUT2D eigenvalue weighted by Gasteiger charge is 2.20. The average Bonchev–Trinajstić information content (AvgIpc) is 2.28. The Bertz CT molecular complexity index is 480. The third-order valence-electron chi connectivity index (χ3n) is 2.11. The Morgan fingerprint density at radius 1 is 1.59 bits per heavy atom. The Labute approximate surface area is 96.0 Å². The smallest absolute Gasteiger partial charge is 0.387 e. The van der Waals surface area contributed by atoms with Crippen molar-refractivity contribution in [2.75, 3.05) is 0 Å². The number of aryl methyl sites for hydroxylation is 1. The van der Waals surface area contributed by atoms with E-state index in [4.69, 9.17) is 10.4 Å². The molecule has 0 aliphatic rings. The zero-order valence-corrected chi connectivity index (χ0v) is 8.91. The number of aromatic carboxylic acids is 1. The molecule has 4 nitrogen and oxygen atoms in total. The Balaban J connectivity index is 3.42. The van der Waals surface area contributed by atoms with Crippen molar-refractivity contribution in [3.8, 4) is 11.8 Å². The van der Waals surface area contributed by atoms with Crippen LogP contribution in [0.1, 0.15) is 28.4 Å². The molecule has 0 saturated carbocycles. The molecule has 1 N–H and O–H groups in total. The third-order valence-corrected chi connectivity index (χ3v) is 2.11. The standard InChI is InChI=1S/C11H9F2NO3/c1-2-6-3-7(5-14)9(17-11(12)13)8(4-6)10(15)16/h3-4,11H,2H2,1H3,(H,15,16). The van der Waals surface area contributed by atoms with Gasteiger partial charge in [0.2, 0.25) is 0 Å². The van der Waals surface area contributed by atoms with E-state index in [2.05, 4.69) is 4.74 Å². The monoisotopic (exact) mass is 241 g/mol. The highest BCUT2D eigenvalue weighted by Crippen LogP contribution is 2.27. The largest absolute Gasteiger partial charge is 0.478 e. The first-order valence-electron chi connectivity index (χ1n) is 4.74. The van der Waals surface area contributed by atoms with Crippen LogP contribution in [0.2, 0.25) is 0 Å². The van der Waals surface area contributed by atoms with Crippen molar-refractivity contribution < 1.29 is 23.4 Å². The Morgan fingerprint density at radius 2 is 2.24 bits per heavy atom. The molecule has 1 rings (SSSR count). The van der Waals surface area contributed by atoms with Crippen molar-refractivity contribution >= 4 is 5.97 Å². The number of carbonyl (C=O) groups is 1. The summed E-state index contributed by atoms with van der Waals surface area (Å²) in [6.45, 7) is -1.41. The van der Waals surface area contributed by atoms with Gasteiger partial charge in [0.25, 0.3) is 0 Å². The van der Waals surface area contributed by atoms with E-state index in [-0.39, 0.29) is 5.56 Å². The van der Waals surface area contributed by atoms with Gasteiger partial charge >= 0.3 is 12.6 Å². The lowest BCUT2D eigenvalue weighted by Crippen LogP contribution is -2.10. The first-order valence-corrected chi connectivity index (χ1v) is 4.74. The molecule has 0 atom stereocenters. The van der Waals surface area contributed by atoms with Gasteiger partial charge in [0.1, 0.15) is 11.6 Å². The van der Waals surface area contributed by atoms with Crippen molar-refractivity contribution in [2.24, 2.45) is 0 Å². The zero-order chi connectivity index (χ0) is 13.0. The number of hydrogen-bond donors (Lipinski definition) is 1. The van der Waals surface area contributed by atoms with Crippen LogP contribution in [-0.2, 0) is 6.42 Å². The minimum Gasteiger partial charge on any atom is -0.478 e. The predicted molar refractivity (Wildman–Crippen MR) is 54.1 cm³/mol. The molecule has 0 aliphatic carbocycles. The van der Waals surface area contributed by atoms with Crippen molar-refractivity contribution in [2.45, 2.75) is 20.0 Å². The van der Waals surface area contributed by atoms with E-state index < -0.39 is 23.9 Å². The van der Waals surface area contributed by atoms with E-state index >= 15 is 0 Å². The number of ether oxygens (including phenoxy) is 1. The van der Waals surface area contributed by atoms with E-state index in [0.29, 0.717) is 12.0 Å². The predicted octanol–water partition coefficient (Wildman–Crippen LogP) is 2.42. The van der Waals surface area contributed by atoms with E-state index in [1.165, 1.54) is 12.1 Å². The molecule has 1 aromatic carbocycles. The summed E-state index contributed by atoms with van der Waals surface area (Å²) in [7, 11) is 0. The first-order chi connectivity index (χ1) is 7.99. The van der Waals surface area contributed by atoms with Crippen molar-refractivity contribution in [1.82, 2.24) is 0 Å². The average molecular weight is 241 g/mol. The van der Waals surface area contributed by atoms with Gasteiger partial charge < -0.3 is 9.84 Å². The van der Waals surface area contributed by atoms with Gasteiger partial charge in [-0.3, -0.25) is 0 Å². The summed E-state index contributed by atoms with van der Waals surface area (Å²) >= 11 is 0. The van der Waals surface area contributed by atoms with Gasteiger partial charge in [-0.25, -0.2) is 4.79 Å². The van der Waals surface area contributed by atoms with Gasteiger partial charge in [-0.1, -0.05) is 6.92 Å². The molecule has 0 amide bonds. The number of benzene rings is 1. The van der Waals surface area contributed by atoms with Crippen LogP contribution in [0.25, 0.3) is 0 Å². The van der Waals surface area contributed by atoms with Crippen LogP contribution in [0, 0.1) is 11.3 Å². The Hall–Kier alpha value is -2.16. The lowest BCUT2D eigenvalue weighted by molar-refractivity contribution is -0.0505. The second-order valence-electron chi connectivity index (χ2n) is 3.17. The first kappa shape index (κ1) is 12.9. The lowest BCUT2D eigenvalue weighted by Gasteiger charge is -2.11. The number of alkyl halides is 2. The summed E-state index contributed by atoms with van der Waals surface area (Å²) in [6, 6.07) is 4.21. The molecule has 0 aromatic heterocycles. The summed E-state index contributed by atoms with van der Waals surface area (Å²) < 4.78 is 28.4. The highest BCUT2D eigenvalue weighted by atomic mass is 19.3. The van der Waals surface area contributed by atoms with E-state index in [0.717, 1.165) is 0 Å². The molecule has 0 unspecified atom stereocenters. The maximum absolute atomic E-state index is 12.1. The molecule has 0 fully saturated rings. The van der Waals surface area contributed by atoms with Crippen LogP contribution >= 0.6 is 0 Å².